The van der Waals surface area contributed by atoms with E-state index in [4.69, 9.17) is 20.3 Å². The molecule has 0 aromatic heterocycles. The third-order valence-electron chi connectivity index (χ3n) is 2.22. The summed E-state index contributed by atoms with van der Waals surface area (Å²) in [6.07, 6.45) is 0. The van der Waals surface area contributed by atoms with E-state index in [9.17, 15) is 0 Å². The van der Waals surface area contributed by atoms with Gasteiger partial charge in [0, 0.05) is 12.1 Å². The van der Waals surface area contributed by atoms with E-state index in [1.807, 2.05) is 25.1 Å². The summed E-state index contributed by atoms with van der Waals surface area (Å²) in [7, 11) is 0. The molecule has 0 bridgehead atoms. The number of rotatable bonds is 7. The minimum Gasteiger partial charge on any atom is -0.491 e. The van der Waals surface area contributed by atoms with Crippen LogP contribution in [-0.2, 0) is 11.3 Å². The van der Waals surface area contributed by atoms with Gasteiger partial charge in [0.05, 0.1) is 19.8 Å². The Balaban J connectivity index is 2.46. The molecule has 4 heteroatoms. The van der Waals surface area contributed by atoms with Crippen molar-refractivity contribution in [3.05, 3.63) is 29.3 Å². The summed E-state index contributed by atoms with van der Waals surface area (Å²) in [5, 5.41) is 8.53. The molecular formula is C12H19NO3. The maximum absolute atomic E-state index is 8.53. The van der Waals surface area contributed by atoms with Gasteiger partial charge in [-0.2, -0.15) is 0 Å². The SMILES string of the molecule is Cc1cccc(CN)c1OCCOCCO. The maximum atomic E-state index is 8.53. The molecule has 16 heavy (non-hydrogen) atoms. The molecule has 1 aromatic rings. The number of aryl methyl sites for hydroxylation is 1. The fourth-order valence-electron chi connectivity index (χ4n) is 1.45. The molecule has 4 nitrogen and oxygen atoms in total. The Kier molecular flexibility index (Phi) is 5.85. The first kappa shape index (κ1) is 13.0. The molecule has 0 unspecified atom stereocenters. The molecule has 90 valence electrons. The largest absolute Gasteiger partial charge is 0.491 e. The fraction of sp³-hybridized carbons (Fsp3) is 0.500. The van der Waals surface area contributed by atoms with Crippen molar-refractivity contribution >= 4 is 0 Å². The van der Waals surface area contributed by atoms with Crippen molar-refractivity contribution in [1.82, 2.24) is 0 Å². The second kappa shape index (κ2) is 7.22. The van der Waals surface area contributed by atoms with Gasteiger partial charge in [0.25, 0.3) is 0 Å². The lowest BCUT2D eigenvalue weighted by atomic mass is 10.1. The number of nitrogens with two attached hydrogens (primary N) is 1. The summed E-state index contributed by atoms with van der Waals surface area (Å²) in [6.45, 7) is 3.79. The lowest BCUT2D eigenvalue weighted by Gasteiger charge is -2.13. The molecule has 0 atom stereocenters. The monoisotopic (exact) mass is 225 g/mol. The molecule has 0 fully saturated rings. The average Bonchev–Trinajstić information content (AvgIpc) is 2.30. The van der Waals surface area contributed by atoms with Gasteiger partial charge in [-0.05, 0) is 12.5 Å². The lowest BCUT2D eigenvalue weighted by molar-refractivity contribution is 0.0701. The summed E-state index contributed by atoms with van der Waals surface area (Å²) in [6, 6.07) is 5.91. The van der Waals surface area contributed by atoms with E-state index in [2.05, 4.69) is 0 Å². The highest BCUT2D eigenvalue weighted by Gasteiger charge is 2.04. The van der Waals surface area contributed by atoms with E-state index in [1.165, 1.54) is 0 Å². The maximum Gasteiger partial charge on any atom is 0.126 e. The molecule has 1 rings (SSSR count). The first-order valence-electron chi connectivity index (χ1n) is 5.39. The molecule has 0 aliphatic heterocycles. The van der Waals surface area contributed by atoms with Gasteiger partial charge in [-0.25, -0.2) is 0 Å². The molecule has 0 aliphatic carbocycles. The van der Waals surface area contributed by atoms with E-state index in [0.29, 0.717) is 26.4 Å². The van der Waals surface area contributed by atoms with Gasteiger partial charge in [0.15, 0.2) is 0 Å². The Morgan fingerprint density at radius 2 is 2.06 bits per heavy atom. The van der Waals surface area contributed by atoms with Gasteiger partial charge < -0.3 is 20.3 Å². The standard InChI is InChI=1S/C12H19NO3/c1-10-3-2-4-11(9-13)12(10)16-8-7-15-6-5-14/h2-4,14H,5-9,13H2,1H3. The third-order valence-corrected chi connectivity index (χ3v) is 2.22. The molecule has 0 heterocycles. The predicted octanol–water partition coefficient (Wildman–Crippen LogP) is 0.841. The second-order valence-corrected chi connectivity index (χ2v) is 3.45. The van der Waals surface area contributed by atoms with Gasteiger partial charge in [0.1, 0.15) is 12.4 Å². The third kappa shape index (κ3) is 3.81. The van der Waals surface area contributed by atoms with Crippen LogP contribution in [0.15, 0.2) is 18.2 Å². The molecule has 0 amide bonds. The molecule has 1 aromatic carbocycles. The van der Waals surface area contributed by atoms with Crippen LogP contribution in [0.1, 0.15) is 11.1 Å². The van der Waals surface area contributed by atoms with Crippen molar-refractivity contribution in [3.63, 3.8) is 0 Å². The Morgan fingerprint density at radius 1 is 1.25 bits per heavy atom. The second-order valence-electron chi connectivity index (χ2n) is 3.45. The number of para-hydroxylation sites is 1. The topological polar surface area (TPSA) is 64.7 Å². The number of aliphatic hydroxyl groups excluding tert-OH is 1. The molecule has 0 radical (unpaired) electrons. The fourth-order valence-corrected chi connectivity index (χ4v) is 1.45. The summed E-state index contributed by atoms with van der Waals surface area (Å²) < 4.78 is 10.7. The van der Waals surface area contributed by atoms with E-state index < -0.39 is 0 Å². The van der Waals surface area contributed by atoms with Crippen molar-refractivity contribution in [2.24, 2.45) is 5.73 Å². The van der Waals surface area contributed by atoms with Gasteiger partial charge in [-0.3, -0.25) is 0 Å². The average molecular weight is 225 g/mol. The Labute approximate surface area is 96.0 Å². The Hall–Kier alpha value is -1.10. The zero-order valence-electron chi connectivity index (χ0n) is 9.61. The summed E-state index contributed by atoms with van der Waals surface area (Å²) in [5.41, 5.74) is 7.70. The van der Waals surface area contributed by atoms with Crippen LogP contribution in [0.5, 0.6) is 5.75 Å². The molecule has 0 aliphatic rings. The minimum absolute atomic E-state index is 0.0401. The van der Waals surface area contributed by atoms with Crippen LogP contribution in [0.2, 0.25) is 0 Å². The van der Waals surface area contributed by atoms with Crippen LogP contribution in [0.4, 0.5) is 0 Å². The zero-order chi connectivity index (χ0) is 11.8. The van der Waals surface area contributed by atoms with E-state index in [-0.39, 0.29) is 6.61 Å². The van der Waals surface area contributed by atoms with E-state index >= 15 is 0 Å². The van der Waals surface area contributed by atoms with Gasteiger partial charge >= 0.3 is 0 Å². The quantitative estimate of drug-likeness (QED) is 0.675. The van der Waals surface area contributed by atoms with Crippen LogP contribution in [-0.4, -0.2) is 31.5 Å². The highest BCUT2D eigenvalue weighted by atomic mass is 16.5. The minimum atomic E-state index is 0.0401. The van der Waals surface area contributed by atoms with Gasteiger partial charge in [-0.1, -0.05) is 18.2 Å². The Morgan fingerprint density at radius 3 is 2.75 bits per heavy atom. The van der Waals surface area contributed by atoms with Gasteiger partial charge in [-0.15, -0.1) is 0 Å². The molecule has 3 N–H and O–H groups in total. The number of aliphatic hydroxyl groups is 1. The number of hydrogen-bond acceptors (Lipinski definition) is 4. The molecular weight excluding hydrogens is 206 g/mol. The van der Waals surface area contributed by atoms with Crippen molar-refractivity contribution < 1.29 is 14.6 Å². The predicted molar refractivity (Wildman–Crippen MR) is 62.5 cm³/mol. The van der Waals surface area contributed by atoms with Crippen molar-refractivity contribution in [1.29, 1.82) is 0 Å². The zero-order valence-corrected chi connectivity index (χ0v) is 9.61. The molecule has 0 saturated heterocycles. The van der Waals surface area contributed by atoms with E-state index in [1.54, 1.807) is 0 Å². The van der Waals surface area contributed by atoms with Crippen LogP contribution < -0.4 is 10.5 Å². The van der Waals surface area contributed by atoms with Crippen LogP contribution in [0, 0.1) is 6.92 Å². The number of ether oxygens (including phenoxy) is 2. The Bertz CT molecular complexity index is 315. The summed E-state index contributed by atoms with van der Waals surface area (Å²) >= 11 is 0. The van der Waals surface area contributed by atoms with E-state index in [0.717, 1.165) is 16.9 Å². The summed E-state index contributed by atoms with van der Waals surface area (Å²) in [4.78, 5) is 0. The normalized spacial score (nSPS) is 10.4. The van der Waals surface area contributed by atoms with Crippen LogP contribution in [0.25, 0.3) is 0 Å². The lowest BCUT2D eigenvalue weighted by Crippen LogP contribution is -2.11. The van der Waals surface area contributed by atoms with Crippen molar-refractivity contribution in [2.45, 2.75) is 13.5 Å². The van der Waals surface area contributed by atoms with Crippen molar-refractivity contribution in [3.8, 4) is 5.75 Å². The first-order valence-corrected chi connectivity index (χ1v) is 5.39. The van der Waals surface area contributed by atoms with Crippen LogP contribution in [0.3, 0.4) is 0 Å². The highest BCUT2D eigenvalue weighted by molar-refractivity contribution is 5.40. The summed E-state index contributed by atoms with van der Waals surface area (Å²) in [5.74, 6) is 0.845. The molecule has 0 saturated carbocycles. The number of benzene rings is 1. The molecule has 0 spiro atoms. The first-order chi connectivity index (χ1) is 7.79. The number of hydrogen-bond donors (Lipinski definition) is 2. The highest BCUT2D eigenvalue weighted by Crippen LogP contribution is 2.22. The smallest absolute Gasteiger partial charge is 0.126 e. The van der Waals surface area contributed by atoms with Crippen LogP contribution >= 0.6 is 0 Å². The van der Waals surface area contributed by atoms with Crippen molar-refractivity contribution in [2.75, 3.05) is 26.4 Å². The van der Waals surface area contributed by atoms with Gasteiger partial charge in [0.2, 0.25) is 0 Å².